The molecule has 1 heterocycles. The van der Waals surface area contributed by atoms with E-state index in [1.54, 1.807) is 11.0 Å². The van der Waals surface area contributed by atoms with Gasteiger partial charge >= 0.3 is 0 Å². The maximum atomic E-state index is 13.8. The average Bonchev–Trinajstić information content (AvgIpc) is 3.53. The lowest BCUT2D eigenvalue weighted by Gasteiger charge is -2.33. The summed E-state index contributed by atoms with van der Waals surface area (Å²) in [5.74, 6) is -0.386. The maximum absolute atomic E-state index is 13.8. The zero-order valence-electron chi connectivity index (χ0n) is 17.3. The van der Waals surface area contributed by atoms with Crippen molar-refractivity contribution < 1.29 is 22.0 Å². The SMILES string of the molecule is CS(=O)(=O)NC1CCCN(C(=O)C2CC2c2cccc(C(F)F)c2-c2ccccc2)C1. The van der Waals surface area contributed by atoms with Crippen LogP contribution in [0.2, 0.25) is 0 Å². The second kappa shape index (κ2) is 8.67. The highest BCUT2D eigenvalue weighted by atomic mass is 32.2. The van der Waals surface area contributed by atoms with E-state index < -0.39 is 16.4 Å². The predicted molar refractivity (Wildman–Crippen MR) is 115 cm³/mol. The number of amides is 1. The Morgan fingerprint density at radius 2 is 1.87 bits per heavy atom. The molecule has 0 bridgehead atoms. The van der Waals surface area contributed by atoms with Crippen LogP contribution in [0, 0.1) is 5.92 Å². The van der Waals surface area contributed by atoms with Gasteiger partial charge in [0.1, 0.15) is 0 Å². The highest BCUT2D eigenvalue weighted by Gasteiger charge is 2.47. The molecule has 1 aliphatic heterocycles. The van der Waals surface area contributed by atoms with Crippen molar-refractivity contribution in [3.8, 4) is 11.1 Å². The molecule has 4 rings (SSSR count). The molecule has 2 aromatic carbocycles. The Labute approximate surface area is 181 Å². The number of alkyl halides is 2. The van der Waals surface area contributed by atoms with E-state index in [4.69, 9.17) is 0 Å². The van der Waals surface area contributed by atoms with Crippen molar-refractivity contribution in [3.05, 3.63) is 59.7 Å². The van der Waals surface area contributed by atoms with Gasteiger partial charge in [0.15, 0.2) is 0 Å². The molecule has 3 unspecified atom stereocenters. The number of nitrogens with one attached hydrogen (secondary N) is 1. The van der Waals surface area contributed by atoms with Gasteiger partial charge in [-0.1, -0.05) is 48.5 Å². The van der Waals surface area contributed by atoms with Crippen molar-refractivity contribution in [2.75, 3.05) is 19.3 Å². The molecule has 0 radical (unpaired) electrons. The van der Waals surface area contributed by atoms with Gasteiger partial charge in [0, 0.05) is 30.6 Å². The summed E-state index contributed by atoms with van der Waals surface area (Å²) in [5, 5.41) is 0. The Morgan fingerprint density at radius 1 is 1.13 bits per heavy atom. The average molecular weight is 449 g/mol. The molecular weight excluding hydrogens is 422 g/mol. The molecule has 1 saturated heterocycles. The van der Waals surface area contributed by atoms with Gasteiger partial charge in [-0.05, 0) is 41.9 Å². The highest BCUT2D eigenvalue weighted by molar-refractivity contribution is 7.88. The van der Waals surface area contributed by atoms with Crippen LogP contribution in [-0.2, 0) is 14.8 Å². The molecule has 1 aliphatic carbocycles. The normalized spacial score (nSPS) is 23.7. The van der Waals surface area contributed by atoms with E-state index in [2.05, 4.69) is 4.72 Å². The summed E-state index contributed by atoms with van der Waals surface area (Å²) in [6, 6.07) is 13.8. The minimum Gasteiger partial charge on any atom is -0.341 e. The van der Waals surface area contributed by atoms with Crippen molar-refractivity contribution in [3.63, 3.8) is 0 Å². The highest BCUT2D eigenvalue weighted by Crippen LogP contribution is 2.52. The molecule has 3 atom stereocenters. The lowest BCUT2D eigenvalue weighted by molar-refractivity contribution is -0.133. The Bertz CT molecular complexity index is 1060. The van der Waals surface area contributed by atoms with Crippen molar-refractivity contribution in [2.24, 2.45) is 5.92 Å². The van der Waals surface area contributed by atoms with E-state index in [0.717, 1.165) is 23.8 Å². The number of hydrogen-bond donors (Lipinski definition) is 1. The number of carbonyl (C=O) groups is 1. The van der Waals surface area contributed by atoms with Crippen LogP contribution in [0.15, 0.2) is 48.5 Å². The van der Waals surface area contributed by atoms with Gasteiger partial charge in [-0.25, -0.2) is 21.9 Å². The van der Waals surface area contributed by atoms with Gasteiger partial charge in [-0.2, -0.15) is 0 Å². The van der Waals surface area contributed by atoms with Crippen LogP contribution in [-0.4, -0.2) is 44.6 Å². The van der Waals surface area contributed by atoms with Crippen molar-refractivity contribution in [2.45, 2.75) is 37.6 Å². The zero-order chi connectivity index (χ0) is 22.2. The van der Waals surface area contributed by atoms with Gasteiger partial charge < -0.3 is 4.90 Å². The van der Waals surface area contributed by atoms with E-state index >= 15 is 0 Å². The first-order valence-electron chi connectivity index (χ1n) is 10.5. The van der Waals surface area contributed by atoms with Gasteiger partial charge in [0.05, 0.1) is 6.26 Å². The fourth-order valence-electron chi connectivity index (χ4n) is 4.64. The Kier molecular flexibility index (Phi) is 6.12. The number of carbonyl (C=O) groups excluding carboxylic acids is 1. The van der Waals surface area contributed by atoms with E-state index in [1.165, 1.54) is 6.07 Å². The van der Waals surface area contributed by atoms with Crippen LogP contribution >= 0.6 is 0 Å². The Hall–Kier alpha value is -2.32. The van der Waals surface area contributed by atoms with E-state index in [1.807, 2.05) is 36.4 Å². The summed E-state index contributed by atoms with van der Waals surface area (Å²) in [6.07, 6.45) is 0.553. The van der Waals surface area contributed by atoms with Crippen molar-refractivity contribution in [1.82, 2.24) is 9.62 Å². The molecule has 1 saturated carbocycles. The van der Waals surface area contributed by atoms with Crippen molar-refractivity contribution in [1.29, 1.82) is 0 Å². The monoisotopic (exact) mass is 448 g/mol. The first-order valence-corrected chi connectivity index (χ1v) is 12.4. The number of rotatable bonds is 6. The van der Waals surface area contributed by atoms with Gasteiger partial charge in [-0.3, -0.25) is 4.79 Å². The molecule has 0 aromatic heterocycles. The minimum atomic E-state index is -3.34. The molecule has 0 spiro atoms. The van der Waals surface area contributed by atoms with Crippen LogP contribution in [0.25, 0.3) is 11.1 Å². The molecule has 166 valence electrons. The summed E-state index contributed by atoms with van der Waals surface area (Å²) in [6.45, 7) is 0.935. The molecule has 2 fully saturated rings. The first kappa shape index (κ1) is 21.9. The summed E-state index contributed by atoms with van der Waals surface area (Å²) >= 11 is 0. The standard InChI is InChI=1S/C23H26F2N2O3S/c1-31(29,30)26-16-9-6-12-27(14-16)23(28)20-13-19(20)17-10-5-11-18(22(24)25)21(17)15-7-3-2-4-8-15/h2-5,7-8,10-11,16,19-20,22,26H,6,9,12-14H2,1H3. The number of likely N-dealkylation sites (tertiary alicyclic amines) is 1. The topological polar surface area (TPSA) is 66.5 Å². The zero-order valence-corrected chi connectivity index (χ0v) is 18.1. The van der Waals surface area contributed by atoms with E-state index in [-0.39, 0.29) is 29.3 Å². The molecule has 1 N–H and O–H groups in total. The third-order valence-electron chi connectivity index (χ3n) is 6.05. The predicted octanol–water partition coefficient (Wildman–Crippen LogP) is 3.93. The second-order valence-corrected chi connectivity index (χ2v) is 10.2. The molecule has 1 amide bonds. The van der Waals surface area contributed by atoms with Crippen LogP contribution in [0.4, 0.5) is 8.78 Å². The number of hydrogen-bond acceptors (Lipinski definition) is 3. The first-order chi connectivity index (χ1) is 14.7. The molecule has 5 nitrogen and oxygen atoms in total. The number of nitrogens with zero attached hydrogens (tertiary/aromatic N) is 1. The van der Waals surface area contributed by atoms with E-state index in [9.17, 15) is 22.0 Å². The summed E-state index contributed by atoms with van der Waals surface area (Å²) in [5.41, 5.74) is 2.01. The van der Waals surface area contributed by atoms with Crippen LogP contribution in [0.3, 0.4) is 0 Å². The third-order valence-corrected chi connectivity index (χ3v) is 6.81. The lowest BCUT2D eigenvalue weighted by atomic mass is 9.91. The van der Waals surface area contributed by atoms with Crippen LogP contribution < -0.4 is 4.72 Å². The molecule has 31 heavy (non-hydrogen) atoms. The quantitative estimate of drug-likeness (QED) is 0.728. The maximum Gasteiger partial charge on any atom is 0.264 e. The third kappa shape index (κ3) is 4.96. The van der Waals surface area contributed by atoms with Crippen LogP contribution in [0.1, 0.15) is 42.7 Å². The summed E-state index contributed by atoms with van der Waals surface area (Å²) < 4.78 is 53.2. The Morgan fingerprint density at radius 3 is 2.55 bits per heavy atom. The minimum absolute atomic E-state index is 0.0165. The smallest absolute Gasteiger partial charge is 0.264 e. The summed E-state index contributed by atoms with van der Waals surface area (Å²) in [7, 11) is -3.34. The number of piperidine rings is 1. The number of benzene rings is 2. The molecule has 2 aliphatic rings. The molecule has 2 aromatic rings. The second-order valence-electron chi connectivity index (χ2n) is 8.44. The number of sulfonamides is 1. The molecule has 8 heteroatoms. The van der Waals surface area contributed by atoms with Gasteiger partial charge in [0.25, 0.3) is 6.43 Å². The fraction of sp³-hybridized carbons (Fsp3) is 0.435. The van der Waals surface area contributed by atoms with Gasteiger partial charge in [0.2, 0.25) is 15.9 Å². The van der Waals surface area contributed by atoms with Crippen molar-refractivity contribution >= 4 is 15.9 Å². The number of halogens is 2. The summed E-state index contributed by atoms with van der Waals surface area (Å²) in [4.78, 5) is 14.8. The fourth-order valence-corrected chi connectivity index (χ4v) is 5.44. The lowest BCUT2D eigenvalue weighted by Crippen LogP contribution is -2.49. The van der Waals surface area contributed by atoms with E-state index in [0.29, 0.717) is 31.5 Å². The molecular formula is C23H26F2N2O3S. The van der Waals surface area contributed by atoms with Crippen LogP contribution in [0.5, 0.6) is 0 Å². The van der Waals surface area contributed by atoms with Gasteiger partial charge in [-0.15, -0.1) is 0 Å². The Balaban J connectivity index is 1.55. The largest absolute Gasteiger partial charge is 0.341 e.